The molecule has 0 saturated heterocycles. The van der Waals surface area contributed by atoms with Crippen LogP contribution in [-0.4, -0.2) is 0 Å². The SMILES string of the molecule is S=P(Nc1ccccc1)(Nc1ccccc1)Oc1ccccc1. The third-order valence-corrected chi connectivity index (χ3v) is 5.42. The number of hydrogen-bond donors (Lipinski definition) is 2. The lowest BCUT2D eigenvalue weighted by atomic mass is 10.3. The van der Waals surface area contributed by atoms with Crippen LogP contribution in [0.3, 0.4) is 0 Å². The van der Waals surface area contributed by atoms with Gasteiger partial charge in [0.2, 0.25) is 0 Å². The zero-order valence-corrected chi connectivity index (χ0v) is 14.1. The van der Waals surface area contributed by atoms with Crippen molar-refractivity contribution in [3.05, 3.63) is 91.0 Å². The van der Waals surface area contributed by atoms with E-state index in [9.17, 15) is 0 Å². The first-order valence-corrected chi connectivity index (χ1v) is 9.97. The highest BCUT2D eigenvalue weighted by Gasteiger charge is 2.19. The molecule has 0 aromatic heterocycles. The molecule has 0 fully saturated rings. The highest BCUT2D eigenvalue weighted by atomic mass is 32.4. The Hall–Kier alpha value is -2.29. The van der Waals surface area contributed by atoms with Gasteiger partial charge in [0.1, 0.15) is 5.75 Å². The summed E-state index contributed by atoms with van der Waals surface area (Å²) in [6, 6.07) is 29.3. The topological polar surface area (TPSA) is 33.3 Å². The Morgan fingerprint density at radius 1 is 0.609 bits per heavy atom. The van der Waals surface area contributed by atoms with Crippen LogP contribution >= 0.6 is 6.57 Å². The average Bonchev–Trinajstić information content (AvgIpc) is 2.57. The molecule has 0 aliphatic carbocycles. The van der Waals surface area contributed by atoms with Gasteiger partial charge < -0.3 is 14.7 Å². The standard InChI is InChI=1S/C18H17N2OPS/c23-22(19-16-10-4-1-5-11-16,20-17-12-6-2-7-13-17)21-18-14-8-3-9-15-18/h1-15H,(H2,19,20,23). The lowest BCUT2D eigenvalue weighted by Gasteiger charge is -2.26. The van der Waals surface area contributed by atoms with E-state index in [1.54, 1.807) is 0 Å². The summed E-state index contributed by atoms with van der Waals surface area (Å²) >= 11 is 5.81. The van der Waals surface area contributed by atoms with Gasteiger partial charge in [-0.05, 0) is 48.2 Å². The van der Waals surface area contributed by atoms with Gasteiger partial charge in [0.15, 0.2) is 0 Å². The van der Waals surface area contributed by atoms with E-state index in [-0.39, 0.29) is 0 Å². The smallest absolute Gasteiger partial charge is 0.299 e. The van der Waals surface area contributed by atoms with E-state index in [0.717, 1.165) is 17.1 Å². The molecule has 0 amide bonds. The van der Waals surface area contributed by atoms with Crippen molar-refractivity contribution in [2.45, 2.75) is 0 Å². The van der Waals surface area contributed by atoms with Crippen molar-refractivity contribution in [3.8, 4) is 5.75 Å². The number of hydrogen-bond acceptors (Lipinski definition) is 2. The quantitative estimate of drug-likeness (QED) is 0.579. The van der Waals surface area contributed by atoms with Crippen LogP contribution in [0.4, 0.5) is 11.4 Å². The molecule has 3 aromatic carbocycles. The van der Waals surface area contributed by atoms with Crippen molar-refractivity contribution in [2.75, 3.05) is 10.2 Å². The van der Waals surface area contributed by atoms with Gasteiger partial charge in [-0.15, -0.1) is 0 Å². The van der Waals surface area contributed by atoms with Crippen molar-refractivity contribution in [1.29, 1.82) is 0 Å². The Morgan fingerprint density at radius 3 is 1.43 bits per heavy atom. The minimum atomic E-state index is -2.55. The van der Waals surface area contributed by atoms with E-state index in [4.69, 9.17) is 16.3 Å². The first-order valence-electron chi connectivity index (χ1n) is 7.25. The van der Waals surface area contributed by atoms with Crippen LogP contribution in [0.5, 0.6) is 5.75 Å². The summed E-state index contributed by atoms with van der Waals surface area (Å²) in [6.45, 7) is -2.55. The predicted octanol–water partition coefficient (Wildman–Crippen LogP) is 5.51. The van der Waals surface area contributed by atoms with Gasteiger partial charge in [0.25, 0.3) is 6.57 Å². The largest absolute Gasteiger partial charge is 0.433 e. The van der Waals surface area contributed by atoms with Crippen LogP contribution in [0.1, 0.15) is 0 Å². The minimum Gasteiger partial charge on any atom is -0.433 e. The molecule has 2 N–H and O–H groups in total. The highest BCUT2D eigenvalue weighted by Crippen LogP contribution is 2.47. The molecule has 3 aromatic rings. The van der Waals surface area contributed by atoms with Crippen LogP contribution in [0.2, 0.25) is 0 Å². The molecular formula is C18H17N2OPS. The Kier molecular flexibility index (Phi) is 4.96. The molecule has 0 heterocycles. The highest BCUT2D eigenvalue weighted by molar-refractivity contribution is 8.13. The zero-order valence-electron chi connectivity index (χ0n) is 12.4. The first kappa shape index (κ1) is 15.6. The molecule has 0 aliphatic rings. The van der Waals surface area contributed by atoms with E-state index < -0.39 is 6.57 Å². The first-order chi connectivity index (χ1) is 11.2. The molecule has 0 aliphatic heterocycles. The Bertz CT molecular complexity index is 674. The maximum atomic E-state index is 6.11. The minimum absolute atomic E-state index is 0.739. The number of nitrogens with one attached hydrogen (secondary N) is 2. The van der Waals surface area contributed by atoms with E-state index in [1.165, 1.54) is 0 Å². The van der Waals surface area contributed by atoms with Gasteiger partial charge >= 0.3 is 0 Å². The molecule has 3 nitrogen and oxygen atoms in total. The second-order valence-electron chi connectivity index (χ2n) is 4.91. The zero-order chi connectivity index (χ0) is 16.0. The average molecular weight is 340 g/mol. The molecule has 116 valence electrons. The van der Waals surface area contributed by atoms with E-state index in [1.807, 2.05) is 91.0 Å². The number of rotatable bonds is 6. The maximum Gasteiger partial charge on any atom is 0.299 e. The maximum absolute atomic E-state index is 6.11. The Balaban J connectivity index is 1.87. The molecule has 0 saturated carbocycles. The van der Waals surface area contributed by atoms with Crippen LogP contribution < -0.4 is 14.7 Å². The summed E-state index contributed by atoms with van der Waals surface area (Å²) in [6.07, 6.45) is 0. The van der Waals surface area contributed by atoms with Crippen molar-refractivity contribution in [3.63, 3.8) is 0 Å². The fourth-order valence-electron chi connectivity index (χ4n) is 2.07. The van der Waals surface area contributed by atoms with Crippen molar-refractivity contribution >= 4 is 29.7 Å². The fourth-order valence-corrected chi connectivity index (χ4v) is 4.50. The number of anilines is 2. The predicted molar refractivity (Wildman–Crippen MR) is 101 cm³/mol. The van der Waals surface area contributed by atoms with Crippen LogP contribution in [0.25, 0.3) is 0 Å². The fraction of sp³-hybridized carbons (Fsp3) is 0. The second kappa shape index (κ2) is 7.32. The third-order valence-electron chi connectivity index (χ3n) is 3.08. The third kappa shape index (κ3) is 4.59. The summed E-state index contributed by atoms with van der Waals surface area (Å²) in [5, 5.41) is 6.69. The molecule has 3 rings (SSSR count). The number of benzene rings is 3. The van der Waals surface area contributed by atoms with Gasteiger partial charge in [-0.2, -0.15) is 0 Å². The van der Waals surface area contributed by atoms with Gasteiger partial charge in [0.05, 0.1) is 0 Å². The second-order valence-corrected chi connectivity index (χ2v) is 8.19. The summed E-state index contributed by atoms with van der Waals surface area (Å²) < 4.78 is 6.11. The summed E-state index contributed by atoms with van der Waals surface area (Å²) in [5.74, 6) is 0.739. The Morgan fingerprint density at radius 2 is 1.00 bits per heavy atom. The lowest BCUT2D eigenvalue weighted by molar-refractivity contribution is 0.620. The molecule has 0 bridgehead atoms. The number of para-hydroxylation sites is 3. The van der Waals surface area contributed by atoms with Crippen LogP contribution in [0.15, 0.2) is 91.0 Å². The van der Waals surface area contributed by atoms with Gasteiger partial charge in [-0.3, -0.25) is 0 Å². The van der Waals surface area contributed by atoms with Crippen molar-refractivity contribution in [1.82, 2.24) is 0 Å². The molecule has 23 heavy (non-hydrogen) atoms. The van der Waals surface area contributed by atoms with Gasteiger partial charge in [0, 0.05) is 11.4 Å². The summed E-state index contributed by atoms with van der Waals surface area (Å²) in [4.78, 5) is 0. The molecule has 0 radical (unpaired) electrons. The van der Waals surface area contributed by atoms with Crippen molar-refractivity contribution in [2.24, 2.45) is 0 Å². The molecule has 5 heteroatoms. The molecular weight excluding hydrogens is 323 g/mol. The van der Waals surface area contributed by atoms with E-state index in [0.29, 0.717) is 0 Å². The van der Waals surface area contributed by atoms with E-state index >= 15 is 0 Å². The normalized spacial score (nSPS) is 10.8. The van der Waals surface area contributed by atoms with Crippen molar-refractivity contribution < 1.29 is 4.52 Å². The molecule has 0 spiro atoms. The van der Waals surface area contributed by atoms with Gasteiger partial charge in [-0.1, -0.05) is 54.6 Å². The molecule has 0 atom stereocenters. The lowest BCUT2D eigenvalue weighted by Crippen LogP contribution is -2.11. The van der Waals surface area contributed by atoms with Crippen LogP contribution in [0, 0.1) is 0 Å². The monoisotopic (exact) mass is 340 g/mol. The summed E-state index contributed by atoms with van der Waals surface area (Å²) in [7, 11) is 0. The Labute approximate surface area is 141 Å². The molecule has 0 unspecified atom stereocenters. The summed E-state index contributed by atoms with van der Waals surface area (Å²) in [5.41, 5.74) is 1.85. The van der Waals surface area contributed by atoms with E-state index in [2.05, 4.69) is 10.2 Å². The van der Waals surface area contributed by atoms with Gasteiger partial charge in [-0.25, -0.2) is 0 Å². The van der Waals surface area contributed by atoms with Crippen LogP contribution in [-0.2, 0) is 11.8 Å².